The molecule has 154 valence electrons. The van der Waals surface area contributed by atoms with Crippen molar-refractivity contribution in [2.24, 2.45) is 0 Å². The van der Waals surface area contributed by atoms with Crippen LogP contribution in [-0.2, 0) is 6.54 Å². The number of β-amino-alcohol motifs (C(OH)–C–C–N with tert-alkyl or cyclic N) is 1. The standard InChI is InChI=1S/C20H34N2O4S/c1-25-19-4-5-20(16(12-19)13-21-8-3-11-27-2)26-15-18(24)14-22-9-6-17(23)7-10-22/h4-5,12,17-18,21,23-24H,3,6-11,13-15H2,1-2H3. The number of aliphatic hydroxyl groups excluding tert-OH is 2. The molecular formula is C20H34N2O4S. The summed E-state index contributed by atoms with van der Waals surface area (Å²) in [6.45, 7) is 4.15. The van der Waals surface area contributed by atoms with Gasteiger partial charge < -0.3 is 29.9 Å². The van der Waals surface area contributed by atoms with Gasteiger partial charge in [0.05, 0.1) is 13.2 Å². The van der Waals surface area contributed by atoms with Gasteiger partial charge in [-0.15, -0.1) is 0 Å². The van der Waals surface area contributed by atoms with E-state index in [2.05, 4.69) is 16.5 Å². The average molecular weight is 399 g/mol. The van der Waals surface area contributed by atoms with E-state index in [1.165, 1.54) is 0 Å². The number of aliphatic hydroxyl groups is 2. The highest BCUT2D eigenvalue weighted by Crippen LogP contribution is 2.24. The van der Waals surface area contributed by atoms with Crippen molar-refractivity contribution in [3.63, 3.8) is 0 Å². The molecule has 3 N–H and O–H groups in total. The van der Waals surface area contributed by atoms with E-state index in [1.807, 2.05) is 30.0 Å². The van der Waals surface area contributed by atoms with Gasteiger partial charge in [0.15, 0.2) is 0 Å². The largest absolute Gasteiger partial charge is 0.497 e. The lowest BCUT2D eigenvalue weighted by Gasteiger charge is -2.31. The molecule has 0 bridgehead atoms. The molecule has 0 spiro atoms. The Bertz CT molecular complexity index is 539. The lowest BCUT2D eigenvalue weighted by atomic mass is 10.1. The van der Waals surface area contributed by atoms with Gasteiger partial charge in [0.25, 0.3) is 0 Å². The van der Waals surface area contributed by atoms with Crippen molar-refractivity contribution in [2.45, 2.75) is 38.0 Å². The van der Waals surface area contributed by atoms with Crippen LogP contribution in [0.25, 0.3) is 0 Å². The second kappa shape index (κ2) is 12.5. The highest BCUT2D eigenvalue weighted by atomic mass is 32.2. The van der Waals surface area contributed by atoms with Crippen molar-refractivity contribution in [3.8, 4) is 11.5 Å². The second-order valence-corrected chi connectivity index (χ2v) is 7.98. The van der Waals surface area contributed by atoms with Crippen molar-refractivity contribution >= 4 is 11.8 Å². The molecule has 1 fully saturated rings. The molecule has 1 aliphatic heterocycles. The van der Waals surface area contributed by atoms with Gasteiger partial charge in [-0.2, -0.15) is 11.8 Å². The van der Waals surface area contributed by atoms with Crippen LogP contribution in [0.1, 0.15) is 24.8 Å². The quantitative estimate of drug-likeness (QED) is 0.463. The smallest absolute Gasteiger partial charge is 0.124 e. The third kappa shape index (κ3) is 8.27. The maximum absolute atomic E-state index is 10.3. The number of nitrogens with zero attached hydrogens (tertiary/aromatic N) is 1. The Labute approximate surface area is 167 Å². The molecule has 2 rings (SSSR count). The van der Waals surface area contributed by atoms with Crippen LogP contribution in [0.2, 0.25) is 0 Å². The third-order valence-electron chi connectivity index (χ3n) is 4.74. The van der Waals surface area contributed by atoms with E-state index in [0.717, 1.165) is 61.7 Å². The van der Waals surface area contributed by atoms with E-state index in [4.69, 9.17) is 9.47 Å². The van der Waals surface area contributed by atoms with Crippen molar-refractivity contribution in [3.05, 3.63) is 23.8 Å². The van der Waals surface area contributed by atoms with Gasteiger partial charge in [0.1, 0.15) is 24.2 Å². The summed E-state index contributed by atoms with van der Waals surface area (Å²) < 4.78 is 11.2. The predicted octanol–water partition coefficient (Wildman–Crippen LogP) is 1.73. The second-order valence-electron chi connectivity index (χ2n) is 6.99. The van der Waals surface area contributed by atoms with Crippen LogP contribution in [0.5, 0.6) is 11.5 Å². The van der Waals surface area contributed by atoms with Crippen molar-refractivity contribution in [1.82, 2.24) is 10.2 Å². The first-order chi connectivity index (χ1) is 13.1. The van der Waals surface area contributed by atoms with E-state index in [-0.39, 0.29) is 12.7 Å². The van der Waals surface area contributed by atoms with E-state index in [0.29, 0.717) is 13.1 Å². The van der Waals surface area contributed by atoms with Gasteiger partial charge in [0, 0.05) is 31.7 Å². The molecule has 1 aromatic rings. The Morgan fingerprint density at radius 1 is 1.33 bits per heavy atom. The lowest BCUT2D eigenvalue weighted by molar-refractivity contribution is 0.0336. The van der Waals surface area contributed by atoms with E-state index in [1.54, 1.807) is 7.11 Å². The summed E-state index contributed by atoms with van der Waals surface area (Å²) in [4.78, 5) is 2.18. The number of hydrogen-bond donors (Lipinski definition) is 3. The number of piperidine rings is 1. The molecule has 0 aliphatic carbocycles. The van der Waals surface area contributed by atoms with Crippen LogP contribution in [0, 0.1) is 0 Å². The predicted molar refractivity (Wildman–Crippen MR) is 111 cm³/mol. The van der Waals surface area contributed by atoms with Gasteiger partial charge >= 0.3 is 0 Å². The molecule has 1 heterocycles. The van der Waals surface area contributed by atoms with E-state index in [9.17, 15) is 10.2 Å². The summed E-state index contributed by atoms with van der Waals surface area (Å²) in [6, 6.07) is 5.77. The first-order valence-electron chi connectivity index (χ1n) is 9.70. The minimum Gasteiger partial charge on any atom is -0.497 e. The highest BCUT2D eigenvalue weighted by molar-refractivity contribution is 7.98. The fourth-order valence-electron chi connectivity index (χ4n) is 3.16. The van der Waals surface area contributed by atoms with Gasteiger partial charge in [0.2, 0.25) is 0 Å². The summed E-state index contributed by atoms with van der Waals surface area (Å²) >= 11 is 1.85. The summed E-state index contributed by atoms with van der Waals surface area (Å²) in [7, 11) is 1.66. The number of likely N-dealkylation sites (tertiary alicyclic amines) is 1. The van der Waals surface area contributed by atoms with Crippen molar-refractivity contribution in [2.75, 3.05) is 51.9 Å². The molecule has 1 aromatic carbocycles. The monoisotopic (exact) mass is 398 g/mol. The molecule has 0 aromatic heterocycles. The Balaban J connectivity index is 1.82. The highest BCUT2D eigenvalue weighted by Gasteiger charge is 2.19. The molecule has 1 aliphatic rings. The van der Waals surface area contributed by atoms with Gasteiger partial charge in [-0.3, -0.25) is 0 Å². The summed E-state index contributed by atoms with van der Waals surface area (Å²) in [5, 5.41) is 23.3. The maximum Gasteiger partial charge on any atom is 0.124 e. The molecule has 6 nitrogen and oxygen atoms in total. The maximum atomic E-state index is 10.3. The molecule has 0 saturated carbocycles. The molecule has 1 unspecified atom stereocenters. The zero-order valence-corrected chi connectivity index (χ0v) is 17.3. The van der Waals surface area contributed by atoms with Gasteiger partial charge in [-0.25, -0.2) is 0 Å². The zero-order chi connectivity index (χ0) is 19.5. The minimum atomic E-state index is -0.551. The van der Waals surface area contributed by atoms with E-state index >= 15 is 0 Å². The van der Waals surface area contributed by atoms with Crippen LogP contribution in [-0.4, -0.2) is 79.2 Å². The molecule has 1 saturated heterocycles. The molecule has 0 amide bonds. The molecule has 7 heteroatoms. The Kier molecular flexibility index (Phi) is 10.3. The topological polar surface area (TPSA) is 74.2 Å². The molecule has 1 atom stereocenters. The van der Waals surface area contributed by atoms with Gasteiger partial charge in [-0.05, 0) is 56.0 Å². The number of methoxy groups -OCH3 is 1. The average Bonchev–Trinajstić information content (AvgIpc) is 2.68. The Morgan fingerprint density at radius 2 is 2.11 bits per heavy atom. The lowest BCUT2D eigenvalue weighted by Crippen LogP contribution is -2.41. The number of rotatable bonds is 12. The summed E-state index contributed by atoms with van der Waals surface area (Å²) in [6.07, 6.45) is 4.05. The molecule has 27 heavy (non-hydrogen) atoms. The van der Waals surface area contributed by atoms with Crippen molar-refractivity contribution in [1.29, 1.82) is 0 Å². The van der Waals surface area contributed by atoms with Crippen LogP contribution in [0.4, 0.5) is 0 Å². The number of benzene rings is 1. The molecular weight excluding hydrogens is 364 g/mol. The number of hydrogen-bond acceptors (Lipinski definition) is 7. The summed E-state index contributed by atoms with van der Waals surface area (Å²) in [5.41, 5.74) is 1.03. The summed E-state index contributed by atoms with van der Waals surface area (Å²) in [5.74, 6) is 2.73. The minimum absolute atomic E-state index is 0.195. The Morgan fingerprint density at radius 3 is 2.81 bits per heavy atom. The first-order valence-corrected chi connectivity index (χ1v) is 11.1. The SMILES string of the molecule is COc1ccc(OCC(O)CN2CCC(O)CC2)c(CNCCCSC)c1. The van der Waals surface area contributed by atoms with Crippen LogP contribution >= 0.6 is 11.8 Å². The van der Waals surface area contributed by atoms with Crippen molar-refractivity contribution < 1.29 is 19.7 Å². The zero-order valence-electron chi connectivity index (χ0n) is 16.5. The molecule has 0 radical (unpaired) electrons. The van der Waals surface area contributed by atoms with Gasteiger partial charge in [-0.1, -0.05) is 0 Å². The first kappa shape index (κ1) is 22.3. The Hall–Kier alpha value is -0.990. The van der Waals surface area contributed by atoms with Crippen LogP contribution < -0.4 is 14.8 Å². The van der Waals surface area contributed by atoms with E-state index < -0.39 is 6.10 Å². The third-order valence-corrected chi connectivity index (χ3v) is 5.44. The fraction of sp³-hybridized carbons (Fsp3) is 0.700. The van der Waals surface area contributed by atoms with Crippen LogP contribution in [0.15, 0.2) is 18.2 Å². The number of nitrogens with one attached hydrogen (secondary N) is 1. The fourth-order valence-corrected chi connectivity index (χ4v) is 3.60. The number of ether oxygens (including phenoxy) is 2. The normalized spacial score (nSPS) is 17.0. The number of thioether (sulfide) groups is 1. The van der Waals surface area contributed by atoms with Crippen LogP contribution in [0.3, 0.4) is 0 Å².